The number of aryl methyl sites for hydroxylation is 1. The number of sulfonamides is 1. The average molecular weight is 319 g/mol. The lowest BCUT2D eigenvalue weighted by atomic mass is 10.2. The van der Waals surface area contributed by atoms with E-state index in [0.717, 1.165) is 23.3 Å². The van der Waals surface area contributed by atoms with Gasteiger partial charge in [-0.2, -0.15) is 0 Å². The van der Waals surface area contributed by atoms with Crippen LogP contribution in [0.4, 0.5) is 5.69 Å². The molecule has 2 aromatic rings. The minimum absolute atomic E-state index is 0.223. The Bertz CT molecular complexity index is 815. The number of nitrogens with one attached hydrogen (secondary N) is 1. The topological polar surface area (TPSA) is 64.6 Å². The third kappa shape index (κ3) is 2.74. The van der Waals surface area contributed by atoms with Crippen LogP contribution in [0.1, 0.15) is 11.1 Å². The van der Waals surface area contributed by atoms with Crippen LogP contribution in [0.15, 0.2) is 41.3 Å². The first-order valence-electron chi connectivity index (χ1n) is 6.93. The molecule has 0 spiro atoms. The van der Waals surface area contributed by atoms with Crippen molar-refractivity contribution < 1.29 is 17.9 Å². The normalized spacial score (nSPS) is 13.4. The highest BCUT2D eigenvalue weighted by Crippen LogP contribution is 2.31. The highest BCUT2D eigenvalue weighted by atomic mass is 32.2. The number of fused-ring (bicyclic) bond motifs is 1. The van der Waals surface area contributed by atoms with Crippen LogP contribution in [0.3, 0.4) is 0 Å². The Morgan fingerprint density at radius 1 is 1.18 bits per heavy atom. The lowest BCUT2D eigenvalue weighted by Crippen LogP contribution is -2.14. The van der Waals surface area contributed by atoms with E-state index in [1.54, 1.807) is 30.3 Å². The third-order valence-electron chi connectivity index (χ3n) is 3.57. The van der Waals surface area contributed by atoms with E-state index in [1.807, 2.05) is 13.0 Å². The fourth-order valence-electron chi connectivity index (χ4n) is 2.44. The van der Waals surface area contributed by atoms with Crippen molar-refractivity contribution >= 4 is 15.7 Å². The lowest BCUT2D eigenvalue weighted by molar-refractivity contribution is 0.356. The van der Waals surface area contributed by atoms with E-state index in [1.165, 1.54) is 7.11 Å². The van der Waals surface area contributed by atoms with Gasteiger partial charge < -0.3 is 9.47 Å². The van der Waals surface area contributed by atoms with Crippen LogP contribution in [0.2, 0.25) is 0 Å². The predicted octanol–water partition coefficient (Wildman–Crippen LogP) is 2.74. The second-order valence-electron chi connectivity index (χ2n) is 5.18. The minimum atomic E-state index is -3.67. The number of benzene rings is 2. The number of hydrogen-bond donors (Lipinski definition) is 1. The number of hydrogen-bond acceptors (Lipinski definition) is 4. The van der Waals surface area contributed by atoms with Crippen LogP contribution < -0.4 is 14.2 Å². The van der Waals surface area contributed by atoms with Crippen molar-refractivity contribution in [3.63, 3.8) is 0 Å². The molecule has 5 nitrogen and oxygen atoms in total. The summed E-state index contributed by atoms with van der Waals surface area (Å²) in [5, 5.41) is 0. The molecule has 2 aromatic carbocycles. The monoisotopic (exact) mass is 319 g/mol. The first kappa shape index (κ1) is 14.7. The molecule has 0 bridgehead atoms. The zero-order valence-corrected chi connectivity index (χ0v) is 13.2. The molecule has 6 heteroatoms. The van der Waals surface area contributed by atoms with Crippen LogP contribution in [0.25, 0.3) is 0 Å². The Morgan fingerprint density at radius 3 is 2.77 bits per heavy atom. The zero-order valence-electron chi connectivity index (χ0n) is 12.4. The first-order valence-corrected chi connectivity index (χ1v) is 8.41. The van der Waals surface area contributed by atoms with E-state index in [-0.39, 0.29) is 4.90 Å². The number of methoxy groups -OCH3 is 1. The van der Waals surface area contributed by atoms with Crippen molar-refractivity contribution in [3.8, 4) is 11.5 Å². The number of anilines is 1. The third-order valence-corrected chi connectivity index (χ3v) is 4.93. The van der Waals surface area contributed by atoms with Gasteiger partial charge in [-0.1, -0.05) is 6.07 Å². The molecule has 0 fully saturated rings. The van der Waals surface area contributed by atoms with E-state index in [0.29, 0.717) is 18.0 Å². The van der Waals surface area contributed by atoms with Gasteiger partial charge in [0.15, 0.2) is 0 Å². The van der Waals surface area contributed by atoms with Crippen molar-refractivity contribution in [2.24, 2.45) is 0 Å². The molecule has 1 heterocycles. The summed E-state index contributed by atoms with van der Waals surface area (Å²) in [4.78, 5) is 0.223. The smallest absolute Gasteiger partial charge is 0.262 e. The summed E-state index contributed by atoms with van der Waals surface area (Å²) in [5.41, 5.74) is 2.29. The molecule has 0 amide bonds. The van der Waals surface area contributed by atoms with Crippen LogP contribution in [-0.2, 0) is 16.4 Å². The summed E-state index contributed by atoms with van der Waals surface area (Å²) in [6.45, 7) is 2.49. The summed E-state index contributed by atoms with van der Waals surface area (Å²) in [6, 6.07) is 10.3. The maximum absolute atomic E-state index is 12.6. The molecule has 0 unspecified atom stereocenters. The van der Waals surface area contributed by atoms with Gasteiger partial charge in [0.1, 0.15) is 11.5 Å². The Labute approximate surface area is 129 Å². The Hall–Kier alpha value is -2.21. The number of ether oxygens (including phenoxy) is 2. The van der Waals surface area contributed by atoms with E-state index < -0.39 is 10.0 Å². The molecule has 0 aliphatic carbocycles. The summed E-state index contributed by atoms with van der Waals surface area (Å²) in [5.74, 6) is 1.24. The Balaban J connectivity index is 1.96. The highest BCUT2D eigenvalue weighted by molar-refractivity contribution is 7.92. The molecule has 1 aliphatic heterocycles. The molecule has 1 N–H and O–H groups in total. The van der Waals surface area contributed by atoms with Gasteiger partial charge in [0.05, 0.1) is 24.3 Å². The van der Waals surface area contributed by atoms with Crippen LogP contribution in [0.5, 0.6) is 11.5 Å². The molecule has 0 radical (unpaired) electrons. The van der Waals surface area contributed by atoms with Gasteiger partial charge in [0, 0.05) is 6.42 Å². The van der Waals surface area contributed by atoms with Crippen molar-refractivity contribution in [1.82, 2.24) is 0 Å². The molecule has 0 atom stereocenters. The van der Waals surface area contributed by atoms with Gasteiger partial charge in [-0.3, -0.25) is 4.72 Å². The summed E-state index contributed by atoms with van der Waals surface area (Å²) >= 11 is 0. The largest absolute Gasteiger partial charge is 0.495 e. The van der Waals surface area contributed by atoms with E-state index in [9.17, 15) is 8.42 Å². The molecule has 0 saturated carbocycles. The van der Waals surface area contributed by atoms with Gasteiger partial charge in [-0.15, -0.1) is 0 Å². The van der Waals surface area contributed by atoms with Crippen molar-refractivity contribution in [2.45, 2.75) is 18.2 Å². The molecular formula is C16H17NO4S. The second-order valence-corrected chi connectivity index (χ2v) is 6.86. The maximum atomic E-state index is 12.6. The van der Waals surface area contributed by atoms with Crippen molar-refractivity contribution in [3.05, 3.63) is 47.5 Å². The second kappa shape index (κ2) is 5.53. The quantitative estimate of drug-likeness (QED) is 0.941. The average Bonchev–Trinajstić information content (AvgIpc) is 2.94. The van der Waals surface area contributed by atoms with E-state index in [4.69, 9.17) is 9.47 Å². The van der Waals surface area contributed by atoms with Gasteiger partial charge in [-0.25, -0.2) is 8.42 Å². The number of rotatable bonds is 4. The SMILES string of the molecule is COc1ccc(C)cc1NS(=O)(=O)c1ccc2c(c1)CCO2. The molecule has 116 valence electrons. The van der Waals surface area contributed by atoms with Crippen LogP contribution >= 0.6 is 0 Å². The van der Waals surface area contributed by atoms with Crippen LogP contribution in [-0.4, -0.2) is 22.1 Å². The van der Waals surface area contributed by atoms with Gasteiger partial charge in [0.2, 0.25) is 0 Å². The standard InChI is InChI=1S/C16H17NO4S/c1-11-3-5-16(20-2)14(9-11)17-22(18,19)13-4-6-15-12(10-13)7-8-21-15/h3-6,9-10,17H,7-8H2,1-2H3. The maximum Gasteiger partial charge on any atom is 0.262 e. The molecular weight excluding hydrogens is 302 g/mol. The minimum Gasteiger partial charge on any atom is -0.495 e. The van der Waals surface area contributed by atoms with Crippen molar-refractivity contribution in [2.75, 3.05) is 18.4 Å². The van der Waals surface area contributed by atoms with E-state index in [2.05, 4.69) is 4.72 Å². The molecule has 3 rings (SSSR count). The Morgan fingerprint density at radius 2 is 2.00 bits per heavy atom. The lowest BCUT2D eigenvalue weighted by Gasteiger charge is -2.13. The first-order chi connectivity index (χ1) is 10.5. The molecule has 0 saturated heterocycles. The molecule has 0 aromatic heterocycles. The van der Waals surface area contributed by atoms with Crippen molar-refractivity contribution in [1.29, 1.82) is 0 Å². The predicted molar refractivity (Wildman–Crippen MR) is 84.2 cm³/mol. The van der Waals surface area contributed by atoms with Crippen LogP contribution in [0, 0.1) is 6.92 Å². The molecule has 1 aliphatic rings. The summed E-state index contributed by atoms with van der Waals surface area (Å²) in [7, 11) is -2.16. The fourth-order valence-corrected chi connectivity index (χ4v) is 3.55. The summed E-state index contributed by atoms with van der Waals surface area (Å²) in [6.07, 6.45) is 0.729. The summed E-state index contributed by atoms with van der Waals surface area (Å²) < 4.78 is 38.3. The van der Waals surface area contributed by atoms with E-state index >= 15 is 0 Å². The van der Waals surface area contributed by atoms with Gasteiger partial charge in [-0.05, 0) is 48.4 Å². The van der Waals surface area contributed by atoms with Gasteiger partial charge >= 0.3 is 0 Å². The fraction of sp³-hybridized carbons (Fsp3) is 0.250. The Kier molecular flexibility index (Phi) is 3.70. The highest BCUT2D eigenvalue weighted by Gasteiger charge is 2.20. The molecule has 22 heavy (non-hydrogen) atoms. The zero-order chi connectivity index (χ0) is 15.7. The van der Waals surface area contributed by atoms with Gasteiger partial charge in [0.25, 0.3) is 10.0 Å².